The van der Waals surface area contributed by atoms with Crippen LogP contribution in [-0.2, 0) is 11.2 Å². The highest BCUT2D eigenvalue weighted by molar-refractivity contribution is 5.85. The smallest absolute Gasteiger partial charge is 0.248 e. The number of carbonyl (C=O) groups excluding carboxylic acids is 1. The van der Waals surface area contributed by atoms with E-state index < -0.39 is 6.04 Å². The molecule has 9 heteroatoms. The van der Waals surface area contributed by atoms with Crippen molar-refractivity contribution in [2.75, 3.05) is 13.1 Å². The molecule has 1 aromatic carbocycles. The summed E-state index contributed by atoms with van der Waals surface area (Å²) in [5, 5.41) is 11.6. The summed E-state index contributed by atoms with van der Waals surface area (Å²) in [5.41, 5.74) is 6.64. The van der Waals surface area contributed by atoms with Crippen LogP contribution in [0.2, 0.25) is 0 Å². The summed E-state index contributed by atoms with van der Waals surface area (Å²) in [6.07, 6.45) is 1.31. The second-order valence-electron chi connectivity index (χ2n) is 6.69. The largest absolute Gasteiger partial charge is 0.338 e. The van der Waals surface area contributed by atoms with Gasteiger partial charge < -0.3 is 10.6 Å². The van der Waals surface area contributed by atoms with E-state index in [1.807, 2.05) is 11.8 Å². The summed E-state index contributed by atoms with van der Waals surface area (Å²) in [6.45, 7) is 5.02. The van der Waals surface area contributed by atoms with E-state index in [1.165, 1.54) is 12.1 Å². The fourth-order valence-electron chi connectivity index (χ4n) is 3.46. The van der Waals surface area contributed by atoms with Crippen LogP contribution in [-0.4, -0.2) is 50.1 Å². The van der Waals surface area contributed by atoms with Gasteiger partial charge in [0.1, 0.15) is 17.7 Å². The zero-order valence-corrected chi connectivity index (χ0v) is 15.7. The molecule has 3 atom stereocenters. The Morgan fingerprint density at radius 2 is 2.08 bits per heavy atom. The standard InChI is InChI=1S/C17H23FN6O.ClH/c1-11-7-14(9-19)10-23(11)17(25)16(24-12(2)20-21-22-24)8-13-3-5-15(18)6-4-13;/h3-6,11,14,16H,7-10,19H2,1-2H3;1H. The van der Waals surface area contributed by atoms with Crippen LogP contribution in [0.15, 0.2) is 24.3 Å². The minimum atomic E-state index is -0.556. The average molecular weight is 383 g/mol. The van der Waals surface area contributed by atoms with Crippen molar-refractivity contribution in [3.05, 3.63) is 41.5 Å². The van der Waals surface area contributed by atoms with Gasteiger partial charge in [0.2, 0.25) is 5.91 Å². The molecule has 1 aliphatic rings. The van der Waals surface area contributed by atoms with Gasteiger partial charge in [0.25, 0.3) is 0 Å². The lowest BCUT2D eigenvalue weighted by Gasteiger charge is -2.27. The van der Waals surface area contributed by atoms with Crippen LogP contribution in [0.25, 0.3) is 0 Å². The van der Waals surface area contributed by atoms with Crippen LogP contribution in [0.3, 0.4) is 0 Å². The van der Waals surface area contributed by atoms with Crippen LogP contribution in [0.4, 0.5) is 4.39 Å². The number of halogens is 2. The van der Waals surface area contributed by atoms with Crippen LogP contribution >= 0.6 is 12.4 Å². The van der Waals surface area contributed by atoms with Gasteiger partial charge in [-0.15, -0.1) is 17.5 Å². The van der Waals surface area contributed by atoms with E-state index in [9.17, 15) is 9.18 Å². The third kappa shape index (κ3) is 4.19. The number of carbonyl (C=O) groups is 1. The molecular weight excluding hydrogens is 359 g/mol. The van der Waals surface area contributed by atoms with Crippen molar-refractivity contribution in [2.45, 2.75) is 38.8 Å². The Hall–Kier alpha value is -2.06. The summed E-state index contributed by atoms with van der Waals surface area (Å²) < 4.78 is 14.7. The van der Waals surface area contributed by atoms with Gasteiger partial charge in [-0.1, -0.05) is 12.1 Å². The number of hydrogen-bond donors (Lipinski definition) is 1. The maximum absolute atomic E-state index is 13.2. The number of hydrogen-bond acceptors (Lipinski definition) is 5. The molecule has 0 spiro atoms. The van der Waals surface area contributed by atoms with E-state index in [-0.39, 0.29) is 30.2 Å². The first-order chi connectivity index (χ1) is 12.0. The highest BCUT2D eigenvalue weighted by atomic mass is 35.5. The van der Waals surface area contributed by atoms with Crippen LogP contribution in [0, 0.1) is 18.7 Å². The van der Waals surface area contributed by atoms with Gasteiger partial charge in [-0.05, 0) is 60.9 Å². The lowest BCUT2D eigenvalue weighted by atomic mass is 10.0. The number of nitrogens with two attached hydrogens (primary N) is 1. The van der Waals surface area contributed by atoms with Gasteiger partial charge in [0, 0.05) is 19.0 Å². The van der Waals surface area contributed by atoms with Crippen LogP contribution < -0.4 is 5.73 Å². The maximum Gasteiger partial charge on any atom is 0.248 e. The number of benzene rings is 1. The van der Waals surface area contributed by atoms with Crippen molar-refractivity contribution >= 4 is 18.3 Å². The minimum Gasteiger partial charge on any atom is -0.338 e. The fourth-order valence-corrected chi connectivity index (χ4v) is 3.46. The first-order valence-electron chi connectivity index (χ1n) is 8.49. The number of aromatic nitrogens is 4. The Labute approximate surface area is 158 Å². The molecule has 1 amide bonds. The third-order valence-corrected chi connectivity index (χ3v) is 4.86. The molecule has 1 saturated heterocycles. The van der Waals surface area contributed by atoms with E-state index in [0.717, 1.165) is 12.0 Å². The Bertz CT molecular complexity index is 737. The maximum atomic E-state index is 13.2. The Balaban J connectivity index is 0.00000243. The van der Waals surface area contributed by atoms with Crippen molar-refractivity contribution < 1.29 is 9.18 Å². The molecule has 0 bridgehead atoms. The molecule has 26 heavy (non-hydrogen) atoms. The van der Waals surface area contributed by atoms with Gasteiger partial charge in [-0.25, -0.2) is 9.07 Å². The summed E-state index contributed by atoms with van der Waals surface area (Å²) in [5.74, 6) is 0.565. The highest BCUT2D eigenvalue weighted by Crippen LogP contribution is 2.27. The number of nitrogens with zero attached hydrogens (tertiary/aromatic N) is 5. The number of rotatable bonds is 5. The van der Waals surface area contributed by atoms with Crippen molar-refractivity contribution in [1.82, 2.24) is 25.1 Å². The summed E-state index contributed by atoms with van der Waals surface area (Å²) >= 11 is 0. The third-order valence-electron chi connectivity index (χ3n) is 4.86. The minimum absolute atomic E-state index is 0. The zero-order chi connectivity index (χ0) is 18.0. The van der Waals surface area contributed by atoms with Gasteiger partial charge in [-0.2, -0.15) is 0 Å². The van der Waals surface area contributed by atoms with Gasteiger partial charge in [-0.3, -0.25) is 4.79 Å². The molecule has 0 radical (unpaired) electrons. The molecule has 7 nitrogen and oxygen atoms in total. The van der Waals surface area contributed by atoms with E-state index >= 15 is 0 Å². The quantitative estimate of drug-likeness (QED) is 0.846. The summed E-state index contributed by atoms with van der Waals surface area (Å²) in [7, 11) is 0. The van der Waals surface area contributed by atoms with Gasteiger partial charge >= 0.3 is 0 Å². The first kappa shape index (κ1) is 20.3. The molecular formula is C17H24ClFN6O. The second kappa shape index (κ2) is 8.55. The summed E-state index contributed by atoms with van der Waals surface area (Å²) in [6, 6.07) is 5.74. The molecule has 142 valence electrons. The average Bonchev–Trinajstić information content (AvgIpc) is 3.19. The lowest BCUT2D eigenvalue weighted by Crippen LogP contribution is -2.41. The molecule has 1 aromatic heterocycles. The molecule has 2 aromatic rings. The van der Waals surface area contributed by atoms with E-state index in [1.54, 1.807) is 23.7 Å². The molecule has 3 unspecified atom stereocenters. The van der Waals surface area contributed by atoms with Crippen LogP contribution in [0.5, 0.6) is 0 Å². The van der Waals surface area contributed by atoms with Crippen molar-refractivity contribution in [2.24, 2.45) is 11.7 Å². The van der Waals surface area contributed by atoms with Crippen molar-refractivity contribution in [3.8, 4) is 0 Å². The number of likely N-dealkylation sites (tertiary alicyclic amines) is 1. The predicted octanol–water partition coefficient (Wildman–Crippen LogP) is 1.52. The van der Waals surface area contributed by atoms with Gasteiger partial charge in [0.15, 0.2) is 0 Å². The SMILES string of the molecule is Cc1nnnn1C(Cc1ccc(F)cc1)C(=O)N1CC(CN)CC1C.Cl. The molecule has 1 aliphatic heterocycles. The number of tetrazole rings is 1. The van der Waals surface area contributed by atoms with Crippen molar-refractivity contribution in [3.63, 3.8) is 0 Å². The topological polar surface area (TPSA) is 89.9 Å². The first-order valence-corrected chi connectivity index (χ1v) is 8.49. The fraction of sp³-hybridized carbons (Fsp3) is 0.529. The molecule has 2 heterocycles. The highest BCUT2D eigenvalue weighted by Gasteiger charge is 2.36. The normalized spacial score (nSPS) is 20.7. The van der Waals surface area contributed by atoms with Crippen LogP contribution in [0.1, 0.15) is 30.8 Å². The zero-order valence-electron chi connectivity index (χ0n) is 14.9. The Kier molecular flexibility index (Phi) is 6.66. The molecule has 3 rings (SSSR count). The van der Waals surface area contributed by atoms with Gasteiger partial charge in [0.05, 0.1) is 0 Å². The monoisotopic (exact) mass is 382 g/mol. The van der Waals surface area contributed by atoms with E-state index in [0.29, 0.717) is 31.3 Å². The molecule has 2 N–H and O–H groups in total. The Morgan fingerprint density at radius 1 is 1.38 bits per heavy atom. The molecule has 0 saturated carbocycles. The lowest BCUT2D eigenvalue weighted by molar-refractivity contribution is -0.135. The number of amides is 1. The Morgan fingerprint density at radius 3 is 2.62 bits per heavy atom. The van der Waals surface area contributed by atoms with Crippen molar-refractivity contribution in [1.29, 1.82) is 0 Å². The second-order valence-corrected chi connectivity index (χ2v) is 6.69. The van der Waals surface area contributed by atoms with E-state index in [4.69, 9.17) is 5.73 Å². The van der Waals surface area contributed by atoms with E-state index in [2.05, 4.69) is 15.5 Å². The molecule has 0 aliphatic carbocycles. The summed E-state index contributed by atoms with van der Waals surface area (Å²) in [4.78, 5) is 15.1. The number of aryl methyl sites for hydroxylation is 1. The molecule has 1 fully saturated rings. The predicted molar refractivity (Wildman–Crippen MR) is 97.3 cm³/mol.